The van der Waals surface area contributed by atoms with Crippen molar-refractivity contribution in [2.75, 3.05) is 11.9 Å². The second-order valence-electron chi connectivity index (χ2n) is 4.47. The van der Waals surface area contributed by atoms with E-state index in [1.54, 1.807) is 12.1 Å². The van der Waals surface area contributed by atoms with E-state index in [9.17, 15) is 15.0 Å². The molecule has 1 aromatic rings. The maximum absolute atomic E-state index is 11.7. The average Bonchev–Trinajstić information content (AvgIpc) is 2.40. The summed E-state index contributed by atoms with van der Waals surface area (Å²) in [5, 5.41) is 39.2. The summed E-state index contributed by atoms with van der Waals surface area (Å²) >= 11 is 0. The van der Waals surface area contributed by atoms with E-state index in [1.807, 2.05) is 19.9 Å². The van der Waals surface area contributed by atoms with E-state index >= 15 is 0 Å². The maximum atomic E-state index is 11.7. The molecule has 1 amide bonds. The first-order chi connectivity index (χ1) is 8.86. The summed E-state index contributed by atoms with van der Waals surface area (Å²) in [6.07, 6.45) is -5.12. The molecule has 6 heteroatoms. The Hall–Kier alpha value is -1.47. The van der Waals surface area contributed by atoms with Gasteiger partial charge in [-0.1, -0.05) is 6.07 Å². The van der Waals surface area contributed by atoms with Gasteiger partial charge < -0.3 is 25.7 Å². The molecule has 0 spiro atoms. The number of anilines is 1. The van der Waals surface area contributed by atoms with Crippen LogP contribution in [0.15, 0.2) is 18.2 Å². The molecule has 0 heterocycles. The van der Waals surface area contributed by atoms with E-state index in [1.165, 1.54) is 0 Å². The highest BCUT2D eigenvalue weighted by Crippen LogP contribution is 2.15. The number of amides is 1. The molecule has 0 aliphatic heterocycles. The van der Waals surface area contributed by atoms with Crippen molar-refractivity contribution in [2.24, 2.45) is 0 Å². The molecule has 0 saturated carbocycles. The van der Waals surface area contributed by atoms with Crippen LogP contribution in [-0.2, 0) is 4.79 Å². The summed E-state index contributed by atoms with van der Waals surface area (Å²) in [6, 6.07) is 5.22. The topological polar surface area (TPSA) is 110 Å². The van der Waals surface area contributed by atoms with Crippen LogP contribution in [0, 0.1) is 13.8 Å². The molecule has 6 nitrogen and oxygen atoms in total. The summed E-state index contributed by atoms with van der Waals surface area (Å²) in [4.78, 5) is 11.7. The largest absolute Gasteiger partial charge is 0.394 e. The number of aliphatic hydroxyl groups is 4. The molecule has 3 atom stereocenters. The van der Waals surface area contributed by atoms with Crippen LogP contribution in [0.2, 0.25) is 0 Å². The molecule has 0 saturated heterocycles. The highest BCUT2D eigenvalue weighted by atomic mass is 16.4. The minimum atomic E-state index is -1.82. The Balaban J connectivity index is 2.71. The molecule has 1 aromatic carbocycles. The van der Waals surface area contributed by atoms with Crippen LogP contribution in [0.25, 0.3) is 0 Å². The minimum absolute atomic E-state index is 0.484. The lowest BCUT2D eigenvalue weighted by molar-refractivity contribution is -0.137. The van der Waals surface area contributed by atoms with Gasteiger partial charge in [0.1, 0.15) is 12.2 Å². The van der Waals surface area contributed by atoms with Gasteiger partial charge in [0.15, 0.2) is 6.10 Å². The fraction of sp³-hybridized carbons (Fsp3) is 0.462. The van der Waals surface area contributed by atoms with Crippen molar-refractivity contribution in [1.29, 1.82) is 0 Å². The zero-order valence-electron chi connectivity index (χ0n) is 10.9. The Morgan fingerprint density at radius 3 is 2.37 bits per heavy atom. The molecule has 0 aromatic heterocycles. The number of hydrogen-bond donors (Lipinski definition) is 5. The molecule has 0 bridgehead atoms. The van der Waals surface area contributed by atoms with Gasteiger partial charge in [-0.25, -0.2) is 0 Å². The highest BCUT2D eigenvalue weighted by molar-refractivity contribution is 5.94. The van der Waals surface area contributed by atoms with Crippen LogP contribution in [0.1, 0.15) is 11.1 Å². The van der Waals surface area contributed by atoms with Gasteiger partial charge in [0.2, 0.25) is 0 Å². The van der Waals surface area contributed by atoms with E-state index in [4.69, 9.17) is 10.2 Å². The molecule has 0 aliphatic carbocycles. The van der Waals surface area contributed by atoms with Crippen LogP contribution in [0.3, 0.4) is 0 Å². The molecule has 0 aliphatic rings. The molecule has 106 valence electrons. The van der Waals surface area contributed by atoms with Gasteiger partial charge in [-0.2, -0.15) is 0 Å². The minimum Gasteiger partial charge on any atom is -0.394 e. The Morgan fingerprint density at radius 2 is 1.84 bits per heavy atom. The van der Waals surface area contributed by atoms with Gasteiger partial charge in [-0.15, -0.1) is 0 Å². The summed E-state index contributed by atoms with van der Waals surface area (Å²) in [5.41, 5.74) is 2.52. The number of rotatable bonds is 5. The van der Waals surface area contributed by atoms with Crippen LogP contribution in [-0.4, -0.2) is 51.3 Å². The van der Waals surface area contributed by atoms with E-state index < -0.39 is 30.8 Å². The first-order valence-corrected chi connectivity index (χ1v) is 5.90. The van der Waals surface area contributed by atoms with Gasteiger partial charge in [-0.3, -0.25) is 4.79 Å². The van der Waals surface area contributed by atoms with Crippen LogP contribution in [0.5, 0.6) is 0 Å². The van der Waals surface area contributed by atoms with Crippen molar-refractivity contribution < 1.29 is 25.2 Å². The van der Waals surface area contributed by atoms with Gasteiger partial charge in [0, 0.05) is 5.69 Å². The average molecular weight is 269 g/mol. The fourth-order valence-corrected chi connectivity index (χ4v) is 1.51. The van der Waals surface area contributed by atoms with Crippen LogP contribution in [0.4, 0.5) is 5.69 Å². The molecular weight excluding hydrogens is 250 g/mol. The Bertz CT molecular complexity index is 449. The van der Waals surface area contributed by atoms with Gasteiger partial charge in [-0.05, 0) is 37.1 Å². The molecule has 0 fully saturated rings. The second-order valence-corrected chi connectivity index (χ2v) is 4.47. The third-order valence-electron chi connectivity index (χ3n) is 2.95. The Labute approximate surface area is 111 Å². The highest BCUT2D eigenvalue weighted by Gasteiger charge is 2.29. The molecule has 5 N–H and O–H groups in total. The first kappa shape index (κ1) is 15.6. The van der Waals surface area contributed by atoms with Gasteiger partial charge in [0.25, 0.3) is 5.91 Å². The Kier molecular flexibility index (Phi) is 5.44. The third-order valence-corrected chi connectivity index (χ3v) is 2.95. The van der Waals surface area contributed by atoms with Crippen molar-refractivity contribution in [3.63, 3.8) is 0 Å². The van der Waals surface area contributed by atoms with E-state index in [-0.39, 0.29) is 0 Å². The number of aryl methyl sites for hydroxylation is 2. The third kappa shape index (κ3) is 4.00. The van der Waals surface area contributed by atoms with E-state index in [0.717, 1.165) is 11.1 Å². The monoisotopic (exact) mass is 269 g/mol. The lowest BCUT2D eigenvalue weighted by Gasteiger charge is -2.21. The molecular formula is C13H19NO5. The van der Waals surface area contributed by atoms with E-state index in [2.05, 4.69) is 5.32 Å². The van der Waals surface area contributed by atoms with Gasteiger partial charge in [0.05, 0.1) is 6.61 Å². The standard InChI is InChI=1S/C13H19NO5/c1-7-3-4-9(5-8(7)2)14-13(19)12(18)11(17)10(16)6-15/h3-5,10-12,15-18H,6H2,1-2H3,(H,14,19)/t10-,11+,12-/m0/s1. The van der Waals surface area contributed by atoms with E-state index in [0.29, 0.717) is 5.69 Å². The number of carbonyl (C=O) groups excluding carboxylic acids is 1. The maximum Gasteiger partial charge on any atom is 0.256 e. The predicted molar refractivity (Wildman–Crippen MR) is 69.7 cm³/mol. The summed E-state index contributed by atoms with van der Waals surface area (Å²) in [5.74, 6) is -0.844. The van der Waals surface area contributed by atoms with Crippen LogP contribution < -0.4 is 5.32 Å². The molecule has 19 heavy (non-hydrogen) atoms. The summed E-state index contributed by atoms with van der Waals surface area (Å²) < 4.78 is 0. The normalized spacial score (nSPS) is 15.7. The van der Waals surface area contributed by atoms with Crippen molar-refractivity contribution in [3.8, 4) is 0 Å². The second kappa shape index (κ2) is 6.63. The van der Waals surface area contributed by atoms with Crippen molar-refractivity contribution in [3.05, 3.63) is 29.3 Å². The lowest BCUT2D eigenvalue weighted by Crippen LogP contribution is -2.46. The SMILES string of the molecule is Cc1ccc(NC(=O)[C@@H](O)[C@H](O)[C@@H](O)CO)cc1C. The zero-order valence-corrected chi connectivity index (χ0v) is 10.9. The zero-order chi connectivity index (χ0) is 14.6. The molecule has 0 unspecified atom stereocenters. The number of benzene rings is 1. The predicted octanol–water partition coefficient (Wildman–Crippen LogP) is -0.683. The number of carbonyl (C=O) groups is 1. The quantitative estimate of drug-likeness (QED) is 0.486. The first-order valence-electron chi connectivity index (χ1n) is 5.90. The van der Waals surface area contributed by atoms with Gasteiger partial charge >= 0.3 is 0 Å². The number of hydrogen-bond acceptors (Lipinski definition) is 5. The lowest BCUT2D eigenvalue weighted by atomic mass is 10.1. The summed E-state index contributed by atoms with van der Waals surface area (Å²) in [6.45, 7) is 3.07. The fourth-order valence-electron chi connectivity index (χ4n) is 1.51. The van der Waals surface area contributed by atoms with Crippen molar-refractivity contribution in [2.45, 2.75) is 32.2 Å². The number of aliphatic hydroxyl groups excluding tert-OH is 4. The molecule has 0 radical (unpaired) electrons. The molecule has 1 rings (SSSR count). The van der Waals surface area contributed by atoms with Crippen molar-refractivity contribution in [1.82, 2.24) is 0 Å². The van der Waals surface area contributed by atoms with Crippen molar-refractivity contribution >= 4 is 11.6 Å². The smallest absolute Gasteiger partial charge is 0.256 e. The van der Waals surface area contributed by atoms with Crippen LogP contribution >= 0.6 is 0 Å². The summed E-state index contributed by atoms with van der Waals surface area (Å²) in [7, 11) is 0. The number of nitrogens with one attached hydrogen (secondary N) is 1. The Morgan fingerprint density at radius 1 is 1.21 bits per heavy atom.